The van der Waals surface area contributed by atoms with E-state index in [-0.39, 0.29) is 24.0 Å². The molecule has 0 aliphatic rings. The summed E-state index contributed by atoms with van der Waals surface area (Å²) in [6.45, 7) is 0.828. The maximum absolute atomic E-state index is 11.8. The SMILES string of the molecule is O=C(CCNC(=O)c1ccccc1)NCCc1ccc(O)cc1. The summed E-state index contributed by atoms with van der Waals surface area (Å²) >= 11 is 0. The zero-order chi connectivity index (χ0) is 16.5. The van der Waals surface area contributed by atoms with E-state index in [0.29, 0.717) is 25.1 Å². The van der Waals surface area contributed by atoms with Crippen LogP contribution >= 0.6 is 0 Å². The Labute approximate surface area is 135 Å². The zero-order valence-electron chi connectivity index (χ0n) is 12.8. The van der Waals surface area contributed by atoms with E-state index in [2.05, 4.69) is 10.6 Å². The van der Waals surface area contributed by atoms with Gasteiger partial charge in [-0.2, -0.15) is 0 Å². The smallest absolute Gasteiger partial charge is 0.251 e. The van der Waals surface area contributed by atoms with Crippen LogP contribution in [-0.2, 0) is 11.2 Å². The molecule has 0 radical (unpaired) electrons. The van der Waals surface area contributed by atoms with Gasteiger partial charge in [-0.05, 0) is 36.2 Å². The number of rotatable bonds is 7. The Bertz CT molecular complexity index is 639. The fourth-order valence-corrected chi connectivity index (χ4v) is 2.08. The number of carbonyl (C=O) groups excluding carboxylic acids is 2. The standard InChI is InChI=1S/C18H20N2O3/c21-16-8-6-14(7-9-16)10-12-19-17(22)11-13-20-18(23)15-4-2-1-3-5-15/h1-9,21H,10-13H2,(H,19,22)(H,20,23). The molecule has 0 atom stereocenters. The van der Waals surface area contributed by atoms with Crippen molar-refractivity contribution < 1.29 is 14.7 Å². The van der Waals surface area contributed by atoms with Crippen molar-refractivity contribution in [2.24, 2.45) is 0 Å². The second-order valence-corrected chi connectivity index (χ2v) is 5.14. The van der Waals surface area contributed by atoms with Gasteiger partial charge in [0.15, 0.2) is 0 Å². The largest absolute Gasteiger partial charge is 0.508 e. The van der Waals surface area contributed by atoms with Crippen LogP contribution in [0.3, 0.4) is 0 Å². The first-order valence-electron chi connectivity index (χ1n) is 7.53. The van der Waals surface area contributed by atoms with E-state index in [4.69, 9.17) is 0 Å². The Hall–Kier alpha value is -2.82. The summed E-state index contributed by atoms with van der Waals surface area (Å²) < 4.78 is 0. The molecule has 5 heteroatoms. The van der Waals surface area contributed by atoms with Gasteiger partial charge in [0.2, 0.25) is 5.91 Å². The first kappa shape index (κ1) is 16.5. The molecular formula is C18H20N2O3. The third kappa shape index (κ3) is 5.82. The van der Waals surface area contributed by atoms with E-state index in [1.54, 1.807) is 36.4 Å². The summed E-state index contributed by atoms with van der Waals surface area (Å²) in [5.74, 6) is -0.0495. The van der Waals surface area contributed by atoms with Crippen molar-refractivity contribution in [2.45, 2.75) is 12.8 Å². The van der Waals surface area contributed by atoms with Gasteiger partial charge in [-0.25, -0.2) is 0 Å². The number of phenolic OH excluding ortho intramolecular Hbond substituents is 1. The molecule has 0 aliphatic carbocycles. The highest BCUT2D eigenvalue weighted by atomic mass is 16.3. The third-order valence-corrected chi connectivity index (χ3v) is 3.35. The number of benzene rings is 2. The van der Waals surface area contributed by atoms with Crippen molar-refractivity contribution in [2.75, 3.05) is 13.1 Å². The minimum Gasteiger partial charge on any atom is -0.508 e. The second kappa shape index (κ2) is 8.58. The molecule has 2 aromatic carbocycles. The summed E-state index contributed by atoms with van der Waals surface area (Å²) in [5.41, 5.74) is 1.63. The molecule has 0 saturated carbocycles. The lowest BCUT2D eigenvalue weighted by Crippen LogP contribution is -2.31. The molecule has 0 unspecified atom stereocenters. The van der Waals surface area contributed by atoms with Crippen LogP contribution in [0.25, 0.3) is 0 Å². The summed E-state index contributed by atoms with van der Waals surface area (Å²) in [4.78, 5) is 23.5. The molecule has 0 heterocycles. The van der Waals surface area contributed by atoms with Gasteiger partial charge < -0.3 is 15.7 Å². The number of amides is 2. The van der Waals surface area contributed by atoms with Crippen molar-refractivity contribution in [3.8, 4) is 5.75 Å². The minimum atomic E-state index is -0.178. The number of aromatic hydroxyl groups is 1. The number of nitrogens with one attached hydrogen (secondary N) is 2. The lowest BCUT2D eigenvalue weighted by atomic mass is 10.1. The Balaban J connectivity index is 1.62. The van der Waals surface area contributed by atoms with Gasteiger partial charge in [-0.1, -0.05) is 30.3 Å². The van der Waals surface area contributed by atoms with Crippen molar-refractivity contribution in [3.63, 3.8) is 0 Å². The summed E-state index contributed by atoms with van der Waals surface area (Å²) in [5, 5.41) is 14.7. The van der Waals surface area contributed by atoms with Crippen LogP contribution in [0.2, 0.25) is 0 Å². The van der Waals surface area contributed by atoms with Crippen LogP contribution in [-0.4, -0.2) is 30.0 Å². The van der Waals surface area contributed by atoms with E-state index in [1.807, 2.05) is 18.2 Å². The molecule has 2 aromatic rings. The Kier molecular flexibility index (Phi) is 6.17. The van der Waals surface area contributed by atoms with Crippen LogP contribution in [0.4, 0.5) is 0 Å². The molecule has 120 valence electrons. The molecule has 0 bridgehead atoms. The van der Waals surface area contributed by atoms with Gasteiger partial charge in [-0.3, -0.25) is 9.59 Å². The fraction of sp³-hybridized carbons (Fsp3) is 0.222. The molecule has 0 fully saturated rings. The van der Waals surface area contributed by atoms with Crippen molar-refractivity contribution in [1.82, 2.24) is 10.6 Å². The van der Waals surface area contributed by atoms with Crippen LogP contribution < -0.4 is 10.6 Å². The molecule has 0 spiro atoms. The zero-order valence-corrected chi connectivity index (χ0v) is 12.8. The van der Waals surface area contributed by atoms with Crippen molar-refractivity contribution >= 4 is 11.8 Å². The third-order valence-electron chi connectivity index (χ3n) is 3.35. The fourth-order valence-electron chi connectivity index (χ4n) is 2.08. The highest BCUT2D eigenvalue weighted by molar-refractivity contribution is 5.94. The molecule has 2 rings (SSSR count). The Morgan fingerprint density at radius 3 is 2.26 bits per heavy atom. The van der Waals surface area contributed by atoms with Crippen LogP contribution in [0.5, 0.6) is 5.75 Å². The maximum Gasteiger partial charge on any atom is 0.251 e. The number of hydrogen-bond donors (Lipinski definition) is 3. The van der Waals surface area contributed by atoms with Gasteiger partial charge in [0.25, 0.3) is 5.91 Å². The molecular weight excluding hydrogens is 292 g/mol. The summed E-state index contributed by atoms with van der Waals surface area (Å²) in [7, 11) is 0. The second-order valence-electron chi connectivity index (χ2n) is 5.14. The maximum atomic E-state index is 11.8. The minimum absolute atomic E-state index is 0.0999. The van der Waals surface area contributed by atoms with E-state index in [1.165, 1.54) is 0 Å². The lowest BCUT2D eigenvalue weighted by molar-refractivity contribution is -0.120. The van der Waals surface area contributed by atoms with E-state index in [9.17, 15) is 14.7 Å². The number of carbonyl (C=O) groups is 2. The van der Waals surface area contributed by atoms with Gasteiger partial charge in [0.1, 0.15) is 5.75 Å². The average molecular weight is 312 g/mol. The highest BCUT2D eigenvalue weighted by Gasteiger charge is 2.05. The van der Waals surface area contributed by atoms with Crippen molar-refractivity contribution in [1.29, 1.82) is 0 Å². The lowest BCUT2D eigenvalue weighted by Gasteiger charge is -2.07. The van der Waals surface area contributed by atoms with E-state index < -0.39 is 0 Å². The van der Waals surface area contributed by atoms with Gasteiger partial charge in [0, 0.05) is 25.1 Å². The molecule has 0 aliphatic heterocycles. The molecule has 5 nitrogen and oxygen atoms in total. The van der Waals surface area contributed by atoms with Crippen LogP contribution in [0, 0.1) is 0 Å². The number of phenols is 1. The Morgan fingerprint density at radius 2 is 1.57 bits per heavy atom. The summed E-state index contributed by atoms with van der Waals surface area (Å²) in [6.07, 6.45) is 0.941. The average Bonchev–Trinajstić information content (AvgIpc) is 2.57. The number of hydrogen-bond acceptors (Lipinski definition) is 3. The highest BCUT2D eigenvalue weighted by Crippen LogP contribution is 2.09. The van der Waals surface area contributed by atoms with E-state index >= 15 is 0 Å². The van der Waals surface area contributed by atoms with Crippen LogP contribution in [0.1, 0.15) is 22.3 Å². The first-order valence-corrected chi connectivity index (χ1v) is 7.53. The van der Waals surface area contributed by atoms with E-state index in [0.717, 1.165) is 5.56 Å². The van der Waals surface area contributed by atoms with Gasteiger partial charge >= 0.3 is 0 Å². The van der Waals surface area contributed by atoms with Gasteiger partial charge in [0.05, 0.1) is 0 Å². The molecule has 3 N–H and O–H groups in total. The monoisotopic (exact) mass is 312 g/mol. The predicted molar refractivity (Wildman–Crippen MR) is 88.2 cm³/mol. The predicted octanol–water partition coefficient (Wildman–Crippen LogP) is 1.87. The summed E-state index contributed by atoms with van der Waals surface area (Å²) in [6, 6.07) is 15.8. The van der Waals surface area contributed by atoms with Crippen molar-refractivity contribution in [3.05, 3.63) is 65.7 Å². The topological polar surface area (TPSA) is 78.4 Å². The quantitative estimate of drug-likeness (QED) is 0.730. The van der Waals surface area contributed by atoms with Gasteiger partial charge in [-0.15, -0.1) is 0 Å². The Morgan fingerprint density at radius 1 is 0.870 bits per heavy atom. The van der Waals surface area contributed by atoms with Crippen LogP contribution in [0.15, 0.2) is 54.6 Å². The molecule has 23 heavy (non-hydrogen) atoms. The normalized spacial score (nSPS) is 10.1. The molecule has 2 amide bonds. The first-order chi connectivity index (χ1) is 11.1. The molecule has 0 aromatic heterocycles. The molecule has 0 saturated heterocycles.